The van der Waals surface area contributed by atoms with Gasteiger partial charge >= 0.3 is 0 Å². The zero-order valence-corrected chi connectivity index (χ0v) is 10.0. The normalized spacial score (nSPS) is 17.9. The van der Waals surface area contributed by atoms with Crippen molar-refractivity contribution in [2.45, 2.75) is 19.3 Å². The first-order valence-electron chi connectivity index (χ1n) is 6.06. The highest BCUT2D eigenvalue weighted by Crippen LogP contribution is 2.21. The minimum atomic E-state index is 0.885. The third kappa shape index (κ3) is 1.93. The zero-order chi connectivity index (χ0) is 11.7. The van der Waals surface area contributed by atoms with Gasteiger partial charge in [-0.2, -0.15) is 0 Å². The summed E-state index contributed by atoms with van der Waals surface area (Å²) in [6, 6.07) is 6.02. The average Bonchev–Trinajstić information content (AvgIpc) is 2.56. The molecule has 1 saturated heterocycles. The van der Waals surface area contributed by atoms with Crippen LogP contribution in [0.2, 0.25) is 0 Å². The van der Waals surface area contributed by atoms with E-state index in [4.69, 9.17) is 4.74 Å². The number of hydrogen-bond acceptors (Lipinski definition) is 3. The molecule has 1 aromatic rings. The van der Waals surface area contributed by atoms with Crippen LogP contribution in [0, 0.1) is 0 Å². The van der Waals surface area contributed by atoms with Crippen molar-refractivity contribution in [1.82, 2.24) is 4.90 Å². The molecule has 1 aromatic carbocycles. The second-order valence-corrected chi connectivity index (χ2v) is 4.45. The van der Waals surface area contributed by atoms with Crippen LogP contribution in [0.5, 0.6) is 5.75 Å². The summed E-state index contributed by atoms with van der Waals surface area (Å²) in [5, 5.41) is 2.16. The largest absolute Gasteiger partial charge is 0.497 e. The number of piperidine rings is 1. The summed E-state index contributed by atoms with van der Waals surface area (Å²) in [5.74, 6) is 0.885. The maximum absolute atomic E-state index is 5.26. The molecule has 88 valence electrons. The maximum Gasteiger partial charge on any atom is 0.119 e. The van der Waals surface area contributed by atoms with Crippen molar-refractivity contribution in [3.63, 3.8) is 0 Å². The van der Waals surface area contributed by atoms with E-state index in [0.29, 0.717) is 0 Å². The molecule has 0 saturated carbocycles. The Morgan fingerprint density at radius 3 is 3.12 bits per heavy atom. The highest BCUT2D eigenvalue weighted by Gasteiger charge is 2.13. The second kappa shape index (κ2) is 4.24. The predicted octanol–water partition coefficient (Wildman–Crippen LogP) is 1.39. The fourth-order valence-corrected chi connectivity index (χ4v) is 2.35. The van der Waals surface area contributed by atoms with Gasteiger partial charge in [0.2, 0.25) is 0 Å². The quantitative estimate of drug-likeness (QED) is 0.725. The summed E-state index contributed by atoms with van der Waals surface area (Å²) in [6.45, 7) is 1.10. The monoisotopic (exact) mass is 228 g/mol. The maximum atomic E-state index is 5.26. The molecule has 2 heterocycles. The number of ether oxygens (including phenoxy) is 1. The van der Waals surface area contributed by atoms with Gasteiger partial charge in [-0.25, -0.2) is 0 Å². The van der Waals surface area contributed by atoms with Crippen LogP contribution < -0.4 is 15.3 Å². The van der Waals surface area contributed by atoms with Gasteiger partial charge < -0.3 is 9.64 Å². The molecule has 0 atom stereocenters. The van der Waals surface area contributed by atoms with Crippen molar-refractivity contribution in [3.8, 4) is 5.75 Å². The van der Waals surface area contributed by atoms with Crippen LogP contribution >= 0.6 is 0 Å². The first-order chi connectivity index (χ1) is 8.36. The average molecular weight is 228 g/mol. The molecule has 2 aliphatic heterocycles. The molecule has 0 spiro atoms. The molecule has 0 aliphatic carbocycles. The van der Waals surface area contributed by atoms with Crippen LogP contribution in [0.3, 0.4) is 0 Å². The van der Waals surface area contributed by atoms with Crippen LogP contribution in [0.25, 0.3) is 6.20 Å². The van der Waals surface area contributed by atoms with Gasteiger partial charge in [-0.15, -0.1) is 0 Å². The van der Waals surface area contributed by atoms with E-state index in [9.17, 15) is 0 Å². The van der Waals surface area contributed by atoms with Crippen molar-refractivity contribution in [2.75, 3.05) is 13.7 Å². The molecule has 0 bridgehead atoms. The summed E-state index contributed by atoms with van der Waals surface area (Å²) in [6.07, 6.45) is 7.86. The van der Waals surface area contributed by atoms with Gasteiger partial charge in [0.25, 0.3) is 0 Å². The van der Waals surface area contributed by atoms with Gasteiger partial charge in [0.1, 0.15) is 5.75 Å². The third-order valence-electron chi connectivity index (χ3n) is 3.33. The van der Waals surface area contributed by atoms with Gasteiger partial charge in [0, 0.05) is 29.9 Å². The smallest absolute Gasteiger partial charge is 0.119 e. The molecule has 3 rings (SSSR count). The van der Waals surface area contributed by atoms with E-state index in [2.05, 4.69) is 16.1 Å². The molecule has 0 unspecified atom stereocenters. The number of hydrogen-bond donors (Lipinski definition) is 0. The Kier molecular flexibility index (Phi) is 2.59. The van der Waals surface area contributed by atoms with E-state index < -0.39 is 0 Å². The number of fused-ring (bicyclic) bond motifs is 2. The number of allylic oxidation sites excluding steroid dienone is 1. The minimum absolute atomic E-state index is 0.885. The van der Waals surface area contributed by atoms with Gasteiger partial charge in [0.15, 0.2) is 0 Å². The Labute approximate surface area is 101 Å². The summed E-state index contributed by atoms with van der Waals surface area (Å²) in [4.78, 5) is 6.87. The van der Waals surface area contributed by atoms with Crippen LogP contribution in [-0.4, -0.2) is 18.6 Å². The van der Waals surface area contributed by atoms with Gasteiger partial charge in [-0.3, -0.25) is 4.99 Å². The number of methoxy groups -OCH3 is 1. The zero-order valence-electron chi connectivity index (χ0n) is 10.0. The van der Waals surface area contributed by atoms with Gasteiger partial charge in [0.05, 0.1) is 12.5 Å². The lowest BCUT2D eigenvalue weighted by atomic mass is 10.1. The van der Waals surface area contributed by atoms with Crippen LogP contribution in [0.15, 0.2) is 35.1 Å². The van der Waals surface area contributed by atoms with Gasteiger partial charge in [-0.05, 0) is 37.5 Å². The summed E-state index contributed by atoms with van der Waals surface area (Å²) < 4.78 is 5.26. The first-order valence-corrected chi connectivity index (χ1v) is 6.06. The molecule has 17 heavy (non-hydrogen) atoms. The molecule has 0 amide bonds. The topological polar surface area (TPSA) is 24.8 Å². The molecular formula is C14H16N2O. The highest BCUT2D eigenvalue weighted by atomic mass is 16.5. The Morgan fingerprint density at radius 2 is 2.24 bits per heavy atom. The summed E-state index contributed by atoms with van der Waals surface area (Å²) in [7, 11) is 1.69. The highest BCUT2D eigenvalue weighted by molar-refractivity contribution is 5.34. The van der Waals surface area contributed by atoms with Crippen LogP contribution in [0.1, 0.15) is 19.3 Å². The fourth-order valence-electron chi connectivity index (χ4n) is 2.35. The standard InChI is InChI=1S/C14H16N2O/c1-17-13-5-6-14-11(8-13)10-16-7-3-2-4-12(16)9-15-14/h5-6,8-10H,2-4,7H2,1H3. The number of nitrogens with zero attached hydrogens (tertiary/aromatic N) is 2. The fraction of sp³-hybridized carbons (Fsp3) is 0.357. The van der Waals surface area contributed by atoms with E-state index in [1.807, 2.05) is 24.4 Å². The molecule has 2 aliphatic rings. The van der Waals surface area contributed by atoms with E-state index >= 15 is 0 Å². The Balaban J connectivity index is 2.14. The SMILES string of the molecule is COc1ccc2c(c1)=CN1CCCCC1=CN=2. The lowest BCUT2D eigenvalue weighted by Gasteiger charge is -2.27. The molecule has 0 radical (unpaired) electrons. The van der Waals surface area contributed by atoms with E-state index in [-0.39, 0.29) is 0 Å². The molecule has 0 aromatic heterocycles. The third-order valence-corrected chi connectivity index (χ3v) is 3.33. The second-order valence-electron chi connectivity index (χ2n) is 4.45. The predicted molar refractivity (Wildman–Crippen MR) is 66.9 cm³/mol. The van der Waals surface area contributed by atoms with E-state index in [0.717, 1.165) is 29.3 Å². The van der Waals surface area contributed by atoms with E-state index in [1.165, 1.54) is 18.5 Å². The van der Waals surface area contributed by atoms with Crippen molar-refractivity contribution in [2.24, 2.45) is 4.99 Å². The first kappa shape index (κ1) is 10.4. The number of rotatable bonds is 1. The minimum Gasteiger partial charge on any atom is -0.497 e. The Bertz CT molecular complexity index is 574. The van der Waals surface area contributed by atoms with Crippen LogP contribution in [0.4, 0.5) is 0 Å². The lowest BCUT2D eigenvalue weighted by Crippen LogP contribution is -2.29. The van der Waals surface area contributed by atoms with Crippen molar-refractivity contribution >= 4 is 6.20 Å². The van der Waals surface area contributed by atoms with Crippen molar-refractivity contribution in [1.29, 1.82) is 0 Å². The van der Waals surface area contributed by atoms with Gasteiger partial charge in [-0.1, -0.05) is 0 Å². The Morgan fingerprint density at radius 1 is 1.29 bits per heavy atom. The molecule has 1 fully saturated rings. The van der Waals surface area contributed by atoms with Crippen molar-refractivity contribution in [3.05, 3.63) is 40.7 Å². The summed E-state index contributed by atoms with van der Waals surface area (Å²) in [5.41, 5.74) is 1.33. The Hall–Kier alpha value is -1.77. The van der Waals surface area contributed by atoms with Crippen LogP contribution in [-0.2, 0) is 0 Å². The van der Waals surface area contributed by atoms with Crippen molar-refractivity contribution < 1.29 is 4.74 Å². The van der Waals surface area contributed by atoms with E-state index in [1.54, 1.807) is 7.11 Å². The lowest BCUT2D eigenvalue weighted by molar-refractivity contribution is 0.405. The molecule has 3 nitrogen and oxygen atoms in total. The molecular weight excluding hydrogens is 212 g/mol. The molecule has 0 N–H and O–H groups in total. The number of benzene rings is 1. The molecule has 3 heteroatoms. The summed E-state index contributed by atoms with van der Waals surface area (Å²) >= 11 is 0.